The lowest BCUT2D eigenvalue weighted by molar-refractivity contribution is 0.0228. The molecule has 0 bridgehead atoms. The highest BCUT2D eigenvalue weighted by Crippen LogP contribution is 2.23. The molecule has 1 aromatic rings. The molecule has 2 fully saturated rings. The van der Waals surface area contributed by atoms with Gasteiger partial charge in [0.2, 0.25) is 0 Å². The van der Waals surface area contributed by atoms with Gasteiger partial charge in [-0.15, -0.1) is 11.3 Å². The van der Waals surface area contributed by atoms with Crippen LogP contribution in [0.1, 0.15) is 15.6 Å². The predicted octanol–water partition coefficient (Wildman–Crippen LogP) is 0.849. The monoisotopic (exact) mass is 266 g/mol. The molecule has 0 aliphatic carbocycles. The van der Waals surface area contributed by atoms with Gasteiger partial charge in [0.1, 0.15) is 0 Å². The topological polar surface area (TPSA) is 31.4 Å². The Bertz CT molecular complexity index is 405. The number of thiazole rings is 1. The molecule has 1 aromatic heterocycles. The minimum Gasteiger partial charge on any atom is -0.314 e. The first-order chi connectivity index (χ1) is 8.72. The zero-order chi connectivity index (χ0) is 12.5. The zero-order valence-corrected chi connectivity index (χ0v) is 12.1. The normalized spacial score (nSPS) is 23.2. The quantitative estimate of drug-likeness (QED) is 0.879. The highest BCUT2D eigenvalue weighted by molar-refractivity contribution is 7.11. The average molecular weight is 266 g/mol. The summed E-state index contributed by atoms with van der Waals surface area (Å²) >= 11 is 1.85. The van der Waals surface area contributed by atoms with E-state index in [9.17, 15) is 0 Å². The third kappa shape index (κ3) is 2.59. The van der Waals surface area contributed by atoms with Gasteiger partial charge in [0.25, 0.3) is 0 Å². The van der Waals surface area contributed by atoms with E-state index in [1.54, 1.807) is 0 Å². The van der Waals surface area contributed by atoms with Crippen molar-refractivity contribution in [2.75, 3.05) is 39.3 Å². The number of nitrogens with one attached hydrogen (secondary N) is 1. The Morgan fingerprint density at radius 3 is 2.61 bits per heavy atom. The second-order valence-electron chi connectivity index (χ2n) is 5.38. The van der Waals surface area contributed by atoms with Crippen molar-refractivity contribution < 1.29 is 0 Å². The molecule has 0 unspecified atom stereocenters. The lowest BCUT2D eigenvalue weighted by Crippen LogP contribution is -2.62. The molecule has 3 rings (SSSR count). The minimum atomic E-state index is 0.793. The molecular formula is C13H22N4S. The Morgan fingerprint density at radius 2 is 2.00 bits per heavy atom. The molecule has 0 saturated carbocycles. The van der Waals surface area contributed by atoms with Crippen LogP contribution in [-0.2, 0) is 6.54 Å². The van der Waals surface area contributed by atoms with Crippen molar-refractivity contribution in [3.8, 4) is 0 Å². The van der Waals surface area contributed by atoms with E-state index in [0.29, 0.717) is 0 Å². The molecule has 3 heterocycles. The molecule has 18 heavy (non-hydrogen) atoms. The van der Waals surface area contributed by atoms with E-state index in [1.807, 2.05) is 11.3 Å². The highest BCUT2D eigenvalue weighted by atomic mass is 32.1. The van der Waals surface area contributed by atoms with Gasteiger partial charge in [-0.3, -0.25) is 9.80 Å². The largest absolute Gasteiger partial charge is 0.314 e. The van der Waals surface area contributed by atoms with Crippen LogP contribution >= 0.6 is 11.3 Å². The van der Waals surface area contributed by atoms with Crippen LogP contribution in [0.4, 0.5) is 0 Å². The molecule has 5 heteroatoms. The number of aryl methyl sites for hydroxylation is 2. The van der Waals surface area contributed by atoms with Crippen molar-refractivity contribution in [1.82, 2.24) is 20.1 Å². The molecule has 0 amide bonds. The first-order valence-corrected chi connectivity index (χ1v) is 7.64. The first-order valence-electron chi connectivity index (χ1n) is 6.82. The van der Waals surface area contributed by atoms with E-state index in [1.165, 1.54) is 41.8 Å². The van der Waals surface area contributed by atoms with Gasteiger partial charge < -0.3 is 5.32 Å². The number of likely N-dealkylation sites (tertiary alicyclic amines) is 1. The van der Waals surface area contributed by atoms with Gasteiger partial charge in [-0.2, -0.15) is 0 Å². The summed E-state index contributed by atoms with van der Waals surface area (Å²) < 4.78 is 0. The Balaban J connectivity index is 1.48. The fourth-order valence-electron chi connectivity index (χ4n) is 2.87. The lowest BCUT2D eigenvalue weighted by Gasteiger charge is -2.46. The second kappa shape index (κ2) is 5.25. The summed E-state index contributed by atoms with van der Waals surface area (Å²) in [5, 5.41) is 4.61. The van der Waals surface area contributed by atoms with Crippen molar-refractivity contribution in [2.24, 2.45) is 0 Å². The van der Waals surface area contributed by atoms with Crippen molar-refractivity contribution in [2.45, 2.75) is 26.4 Å². The summed E-state index contributed by atoms with van der Waals surface area (Å²) in [5.41, 5.74) is 1.23. The van der Waals surface area contributed by atoms with Crippen molar-refractivity contribution in [3.05, 3.63) is 15.6 Å². The molecule has 2 saturated heterocycles. The maximum atomic E-state index is 4.50. The van der Waals surface area contributed by atoms with E-state index in [0.717, 1.165) is 25.7 Å². The van der Waals surface area contributed by atoms with Crippen molar-refractivity contribution in [1.29, 1.82) is 0 Å². The van der Waals surface area contributed by atoms with Crippen LogP contribution in [0, 0.1) is 13.8 Å². The van der Waals surface area contributed by atoms with E-state index >= 15 is 0 Å². The standard InChI is InChI=1S/C13H22N4S/c1-10-13(18-11(2)15-10)9-16-7-12(8-16)17-5-3-14-4-6-17/h12,14H,3-9H2,1-2H3. The van der Waals surface area contributed by atoms with Gasteiger partial charge in [0, 0.05) is 56.7 Å². The number of hydrogen-bond acceptors (Lipinski definition) is 5. The first kappa shape index (κ1) is 12.5. The Morgan fingerprint density at radius 1 is 1.28 bits per heavy atom. The summed E-state index contributed by atoms with van der Waals surface area (Å²) in [6, 6.07) is 0.793. The molecule has 100 valence electrons. The van der Waals surface area contributed by atoms with Gasteiger partial charge in [-0.25, -0.2) is 4.98 Å². The minimum absolute atomic E-state index is 0.793. The van der Waals surface area contributed by atoms with Gasteiger partial charge in [-0.1, -0.05) is 0 Å². The fourth-order valence-corrected chi connectivity index (χ4v) is 3.85. The molecule has 4 nitrogen and oxygen atoms in total. The fraction of sp³-hybridized carbons (Fsp3) is 0.769. The summed E-state index contributed by atoms with van der Waals surface area (Å²) in [4.78, 5) is 11.1. The van der Waals surface area contributed by atoms with Gasteiger partial charge >= 0.3 is 0 Å². The number of nitrogens with zero attached hydrogens (tertiary/aromatic N) is 3. The second-order valence-corrected chi connectivity index (χ2v) is 6.66. The maximum Gasteiger partial charge on any atom is 0.0900 e. The van der Waals surface area contributed by atoms with Crippen LogP contribution in [-0.4, -0.2) is 60.1 Å². The van der Waals surface area contributed by atoms with E-state index in [-0.39, 0.29) is 0 Å². The van der Waals surface area contributed by atoms with Gasteiger partial charge in [-0.05, 0) is 13.8 Å². The summed E-state index contributed by atoms with van der Waals surface area (Å²) in [6.07, 6.45) is 0. The number of piperazine rings is 1. The molecule has 0 radical (unpaired) electrons. The van der Waals surface area contributed by atoms with Gasteiger partial charge in [0.15, 0.2) is 0 Å². The highest BCUT2D eigenvalue weighted by Gasteiger charge is 2.32. The molecule has 2 aliphatic heterocycles. The van der Waals surface area contributed by atoms with E-state index in [4.69, 9.17) is 0 Å². The third-order valence-corrected chi connectivity index (χ3v) is 5.03. The van der Waals surface area contributed by atoms with E-state index < -0.39 is 0 Å². The predicted molar refractivity (Wildman–Crippen MR) is 75.1 cm³/mol. The number of aromatic nitrogens is 1. The van der Waals surface area contributed by atoms with Crippen LogP contribution in [0.2, 0.25) is 0 Å². The van der Waals surface area contributed by atoms with Crippen LogP contribution in [0.5, 0.6) is 0 Å². The van der Waals surface area contributed by atoms with E-state index in [2.05, 4.69) is 33.9 Å². The SMILES string of the molecule is Cc1nc(C)c(CN2CC(N3CCNCC3)C2)s1. The van der Waals surface area contributed by atoms with Crippen molar-refractivity contribution in [3.63, 3.8) is 0 Å². The Kier molecular flexibility index (Phi) is 3.66. The molecule has 0 spiro atoms. The van der Waals surface area contributed by atoms with Gasteiger partial charge in [0.05, 0.1) is 10.7 Å². The molecular weight excluding hydrogens is 244 g/mol. The average Bonchev–Trinajstić information content (AvgIpc) is 2.63. The Hall–Kier alpha value is -0.490. The van der Waals surface area contributed by atoms with Crippen LogP contribution in [0.3, 0.4) is 0 Å². The summed E-state index contributed by atoms with van der Waals surface area (Å²) in [7, 11) is 0. The molecule has 0 aromatic carbocycles. The number of hydrogen-bond donors (Lipinski definition) is 1. The summed E-state index contributed by atoms with van der Waals surface area (Å²) in [6.45, 7) is 12.5. The molecule has 2 aliphatic rings. The molecule has 0 atom stereocenters. The zero-order valence-electron chi connectivity index (χ0n) is 11.3. The molecule has 1 N–H and O–H groups in total. The van der Waals surface area contributed by atoms with Crippen molar-refractivity contribution >= 4 is 11.3 Å². The summed E-state index contributed by atoms with van der Waals surface area (Å²) in [5.74, 6) is 0. The van der Waals surface area contributed by atoms with Crippen LogP contribution < -0.4 is 5.32 Å². The Labute approximate surface area is 113 Å². The smallest absolute Gasteiger partial charge is 0.0900 e. The lowest BCUT2D eigenvalue weighted by atomic mass is 10.1. The van der Waals surface area contributed by atoms with Crippen LogP contribution in [0.15, 0.2) is 0 Å². The maximum absolute atomic E-state index is 4.50. The van der Waals surface area contributed by atoms with Crippen LogP contribution in [0.25, 0.3) is 0 Å². The third-order valence-electron chi connectivity index (χ3n) is 3.97. The number of rotatable bonds is 3.